The number of hydrogen-bond acceptors (Lipinski definition) is 3. The third-order valence-corrected chi connectivity index (χ3v) is 4.52. The van der Waals surface area contributed by atoms with Crippen molar-refractivity contribution in [3.63, 3.8) is 0 Å². The fourth-order valence-electron chi connectivity index (χ4n) is 2.12. The first-order valence-electron chi connectivity index (χ1n) is 6.88. The minimum Gasteiger partial charge on any atom is -0.497 e. The minimum atomic E-state index is -0.385. The van der Waals surface area contributed by atoms with Gasteiger partial charge in [0.05, 0.1) is 23.6 Å². The molecule has 0 amide bonds. The van der Waals surface area contributed by atoms with E-state index in [1.54, 1.807) is 7.11 Å². The van der Waals surface area contributed by atoms with Crippen molar-refractivity contribution >= 4 is 18.7 Å². The zero-order chi connectivity index (χ0) is 15.0. The Labute approximate surface area is 126 Å². The highest BCUT2D eigenvalue weighted by Gasteiger charge is 2.53. The summed E-state index contributed by atoms with van der Waals surface area (Å²) in [6.07, 6.45) is 0.697. The molecule has 1 atom stereocenters. The van der Waals surface area contributed by atoms with Gasteiger partial charge in [-0.1, -0.05) is 12.1 Å². The largest absolute Gasteiger partial charge is 0.497 e. The number of methoxy groups -OCH3 is 1. The van der Waals surface area contributed by atoms with Gasteiger partial charge in [0.25, 0.3) is 0 Å². The van der Waals surface area contributed by atoms with Gasteiger partial charge < -0.3 is 14.0 Å². The monoisotopic (exact) mass is 296 g/mol. The van der Waals surface area contributed by atoms with Crippen molar-refractivity contribution < 1.29 is 14.0 Å². The van der Waals surface area contributed by atoms with Crippen molar-refractivity contribution in [2.24, 2.45) is 0 Å². The molecule has 5 heteroatoms. The van der Waals surface area contributed by atoms with E-state index in [0.717, 1.165) is 11.3 Å². The maximum Gasteiger partial charge on any atom is 0.477 e. The highest BCUT2D eigenvalue weighted by molar-refractivity contribution is 6.60. The molecule has 2 rings (SSSR count). The molecule has 0 spiro atoms. The number of hydrogen-bond donors (Lipinski definition) is 0. The van der Waals surface area contributed by atoms with Crippen molar-refractivity contribution in [2.75, 3.05) is 7.11 Å². The first kappa shape index (κ1) is 15.7. The molecule has 0 N–H and O–H groups in total. The van der Waals surface area contributed by atoms with Crippen LogP contribution in [0.1, 0.15) is 33.3 Å². The van der Waals surface area contributed by atoms with Gasteiger partial charge in [-0.15, -0.1) is 11.6 Å². The van der Waals surface area contributed by atoms with Gasteiger partial charge in [0.15, 0.2) is 0 Å². The number of rotatable bonds is 4. The summed E-state index contributed by atoms with van der Waals surface area (Å²) in [5, 5.41) is -0.218. The van der Waals surface area contributed by atoms with Crippen LogP contribution in [0, 0.1) is 0 Å². The summed E-state index contributed by atoms with van der Waals surface area (Å²) < 4.78 is 17.1. The van der Waals surface area contributed by atoms with Crippen LogP contribution in [0.2, 0.25) is 0 Å². The molecule has 1 saturated heterocycles. The van der Waals surface area contributed by atoms with Gasteiger partial charge in [-0.3, -0.25) is 0 Å². The maximum atomic E-state index is 6.47. The standard InChI is InChI=1S/C15H22BClO3/c1-14(2)15(3,4)20-16(19-14)13(17)10-11-6-8-12(18-5)9-7-11/h6-9,13H,10H2,1-5H3. The Bertz CT molecular complexity index is 443. The Balaban J connectivity index is 2.00. The fraction of sp³-hybridized carbons (Fsp3) is 0.600. The predicted octanol–water partition coefficient (Wildman–Crippen LogP) is 3.48. The molecule has 20 heavy (non-hydrogen) atoms. The molecule has 3 nitrogen and oxygen atoms in total. The summed E-state index contributed by atoms with van der Waals surface area (Å²) >= 11 is 6.47. The molecule has 1 heterocycles. The lowest BCUT2D eigenvalue weighted by Gasteiger charge is -2.32. The Morgan fingerprint density at radius 2 is 1.60 bits per heavy atom. The summed E-state index contributed by atoms with van der Waals surface area (Å²) in [6, 6.07) is 7.89. The van der Waals surface area contributed by atoms with Crippen LogP contribution in [0.5, 0.6) is 5.75 Å². The van der Waals surface area contributed by atoms with Gasteiger partial charge in [0.1, 0.15) is 5.75 Å². The van der Waals surface area contributed by atoms with Crippen LogP contribution >= 0.6 is 11.6 Å². The average Bonchev–Trinajstić information content (AvgIpc) is 2.59. The molecule has 1 aliphatic rings. The molecule has 1 aromatic rings. The Hall–Kier alpha value is -0.705. The molecule has 0 bridgehead atoms. The topological polar surface area (TPSA) is 27.7 Å². The second-order valence-electron chi connectivity index (χ2n) is 6.19. The molecule has 0 aromatic heterocycles. The second-order valence-corrected chi connectivity index (χ2v) is 6.75. The van der Waals surface area contributed by atoms with Crippen LogP contribution in [0.15, 0.2) is 24.3 Å². The van der Waals surface area contributed by atoms with E-state index >= 15 is 0 Å². The third kappa shape index (κ3) is 3.13. The molecule has 0 radical (unpaired) electrons. The SMILES string of the molecule is COc1ccc(CC(Cl)B2OC(C)(C)C(C)(C)O2)cc1. The lowest BCUT2D eigenvalue weighted by Crippen LogP contribution is -2.41. The van der Waals surface area contributed by atoms with Gasteiger partial charge >= 0.3 is 7.12 Å². The molecule has 0 saturated carbocycles. The van der Waals surface area contributed by atoms with Crippen LogP contribution in [-0.2, 0) is 15.7 Å². The molecule has 0 aliphatic carbocycles. The molecule has 1 aliphatic heterocycles. The maximum absolute atomic E-state index is 6.47. The fourth-order valence-corrected chi connectivity index (χ4v) is 2.40. The molecular formula is C15H22BClO3. The van der Waals surface area contributed by atoms with E-state index in [4.69, 9.17) is 25.6 Å². The van der Waals surface area contributed by atoms with E-state index in [0.29, 0.717) is 6.42 Å². The molecular weight excluding hydrogens is 274 g/mol. The number of alkyl halides is 1. The quantitative estimate of drug-likeness (QED) is 0.629. The van der Waals surface area contributed by atoms with Crippen LogP contribution in [-0.4, -0.2) is 30.7 Å². The van der Waals surface area contributed by atoms with Crippen molar-refractivity contribution in [1.29, 1.82) is 0 Å². The van der Waals surface area contributed by atoms with E-state index in [1.165, 1.54) is 0 Å². The highest BCUT2D eigenvalue weighted by Crippen LogP contribution is 2.38. The highest BCUT2D eigenvalue weighted by atomic mass is 35.5. The third-order valence-electron chi connectivity index (χ3n) is 4.16. The Morgan fingerprint density at radius 3 is 2.05 bits per heavy atom. The van der Waals surface area contributed by atoms with Gasteiger partial charge in [0, 0.05) is 0 Å². The number of benzene rings is 1. The van der Waals surface area contributed by atoms with E-state index in [2.05, 4.69) is 0 Å². The van der Waals surface area contributed by atoms with Gasteiger partial charge in [0.2, 0.25) is 0 Å². The number of halogens is 1. The molecule has 1 fully saturated rings. The molecule has 110 valence electrons. The first-order valence-corrected chi connectivity index (χ1v) is 7.31. The van der Waals surface area contributed by atoms with E-state index < -0.39 is 0 Å². The van der Waals surface area contributed by atoms with E-state index in [1.807, 2.05) is 52.0 Å². The van der Waals surface area contributed by atoms with Crippen LogP contribution in [0.4, 0.5) is 0 Å². The summed E-state index contributed by atoms with van der Waals surface area (Å²) in [6.45, 7) is 8.13. The Morgan fingerprint density at radius 1 is 1.10 bits per heavy atom. The smallest absolute Gasteiger partial charge is 0.477 e. The Kier molecular flexibility index (Phi) is 4.38. The average molecular weight is 297 g/mol. The summed E-state index contributed by atoms with van der Waals surface area (Å²) in [4.78, 5) is 0. The van der Waals surface area contributed by atoms with E-state index in [9.17, 15) is 0 Å². The summed E-state index contributed by atoms with van der Waals surface area (Å²) in [7, 11) is 1.27. The normalized spacial score (nSPS) is 21.8. The van der Waals surface area contributed by atoms with Crippen LogP contribution < -0.4 is 4.74 Å². The zero-order valence-electron chi connectivity index (χ0n) is 12.8. The zero-order valence-corrected chi connectivity index (χ0v) is 13.5. The number of ether oxygens (including phenoxy) is 1. The van der Waals surface area contributed by atoms with Crippen LogP contribution in [0.25, 0.3) is 0 Å². The van der Waals surface area contributed by atoms with Gasteiger partial charge in [-0.2, -0.15) is 0 Å². The van der Waals surface area contributed by atoms with E-state index in [-0.39, 0.29) is 23.6 Å². The van der Waals surface area contributed by atoms with Crippen LogP contribution in [0.3, 0.4) is 0 Å². The van der Waals surface area contributed by atoms with Gasteiger partial charge in [-0.25, -0.2) is 0 Å². The van der Waals surface area contributed by atoms with Crippen molar-refractivity contribution in [2.45, 2.75) is 50.6 Å². The second kappa shape index (κ2) is 5.59. The lowest BCUT2D eigenvalue weighted by molar-refractivity contribution is 0.00578. The van der Waals surface area contributed by atoms with Crippen molar-refractivity contribution in [3.8, 4) is 5.75 Å². The van der Waals surface area contributed by atoms with Crippen molar-refractivity contribution in [1.82, 2.24) is 0 Å². The van der Waals surface area contributed by atoms with Gasteiger partial charge in [-0.05, 0) is 51.8 Å². The summed E-state index contributed by atoms with van der Waals surface area (Å²) in [5.41, 5.74) is 0.454. The first-order chi connectivity index (χ1) is 9.25. The van der Waals surface area contributed by atoms with Crippen molar-refractivity contribution in [3.05, 3.63) is 29.8 Å². The molecule has 1 aromatic carbocycles. The lowest BCUT2D eigenvalue weighted by atomic mass is 9.80. The molecule has 1 unspecified atom stereocenters. The minimum absolute atomic E-state index is 0.218. The predicted molar refractivity (Wildman–Crippen MR) is 82.4 cm³/mol. The summed E-state index contributed by atoms with van der Waals surface area (Å²) in [5.74, 6) is 0.843.